The van der Waals surface area contributed by atoms with Crippen LogP contribution in [-0.4, -0.2) is 63.8 Å². The van der Waals surface area contributed by atoms with Gasteiger partial charge in [0.2, 0.25) is 0 Å². The molecule has 1 aliphatic heterocycles. The van der Waals surface area contributed by atoms with Gasteiger partial charge in [-0.15, -0.1) is 0 Å². The predicted molar refractivity (Wildman–Crippen MR) is 94.1 cm³/mol. The molecule has 23 heavy (non-hydrogen) atoms. The van der Waals surface area contributed by atoms with Gasteiger partial charge in [-0.3, -0.25) is 9.69 Å². The first-order chi connectivity index (χ1) is 11.0. The maximum absolute atomic E-state index is 12.5. The average molecular weight is 319 g/mol. The van der Waals surface area contributed by atoms with Gasteiger partial charge in [0.15, 0.2) is 0 Å². The molecule has 5 heteroatoms. The van der Waals surface area contributed by atoms with Gasteiger partial charge in [0, 0.05) is 51.0 Å². The van der Waals surface area contributed by atoms with E-state index in [1.165, 1.54) is 0 Å². The standard InChI is InChI=1S/C18H29N3O2/c1-14(2)17(21-8-10-23-11-9-21)13-19-18(22)15-6-5-7-16(12-15)20(3)4/h5-7,12,14,17H,8-11,13H2,1-4H3,(H,19,22)/t17-/m0/s1. The second-order valence-corrected chi connectivity index (χ2v) is 6.61. The summed E-state index contributed by atoms with van der Waals surface area (Å²) in [6, 6.07) is 8.06. The van der Waals surface area contributed by atoms with Crippen molar-refractivity contribution in [2.45, 2.75) is 19.9 Å². The lowest BCUT2D eigenvalue weighted by molar-refractivity contribution is 0.00673. The molecule has 1 fully saturated rings. The zero-order valence-electron chi connectivity index (χ0n) is 14.7. The Morgan fingerprint density at radius 2 is 2.00 bits per heavy atom. The summed E-state index contributed by atoms with van der Waals surface area (Å²) >= 11 is 0. The molecule has 1 atom stereocenters. The average Bonchev–Trinajstić information content (AvgIpc) is 2.55. The van der Waals surface area contributed by atoms with Crippen LogP contribution in [0.1, 0.15) is 24.2 Å². The Morgan fingerprint density at radius 1 is 1.30 bits per heavy atom. The molecular weight excluding hydrogens is 290 g/mol. The molecule has 0 saturated carbocycles. The molecule has 1 amide bonds. The fourth-order valence-corrected chi connectivity index (χ4v) is 2.92. The summed E-state index contributed by atoms with van der Waals surface area (Å²) in [4.78, 5) is 16.9. The van der Waals surface area contributed by atoms with Crippen LogP contribution < -0.4 is 10.2 Å². The summed E-state index contributed by atoms with van der Waals surface area (Å²) in [5.41, 5.74) is 1.74. The van der Waals surface area contributed by atoms with Crippen LogP contribution in [0.2, 0.25) is 0 Å². The number of rotatable bonds is 6. The molecule has 2 rings (SSSR count). The van der Waals surface area contributed by atoms with E-state index in [2.05, 4.69) is 24.1 Å². The Labute approximate surface area is 139 Å². The van der Waals surface area contributed by atoms with Crippen molar-refractivity contribution in [1.82, 2.24) is 10.2 Å². The first-order valence-corrected chi connectivity index (χ1v) is 8.36. The second-order valence-electron chi connectivity index (χ2n) is 6.61. The molecule has 0 bridgehead atoms. The lowest BCUT2D eigenvalue weighted by atomic mass is 10.0. The number of ether oxygens (including phenoxy) is 1. The smallest absolute Gasteiger partial charge is 0.251 e. The van der Waals surface area contributed by atoms with Gasteiger partial charge in [0.1, 0.15) is 0 Å². The van der Waals surface area contributed by atoms with Gasteiger partial charge in [0.25, 0.3) is 5.91 Å². The number of morpholine rings is 1. The van der Waals surface area contributed by atoms with E-state index >= 15 is 0 Å². The Kier molecular flexibility index (Phi) is 6.42. The van der Waals surface area contributed by atoms with Crippen LogP contribution >= 0.6 is 0 Å². The molecule has 0 aliphatic carbocycles. The summed E-state index contributed by atoms with van der Waals surface area (Å²) in [6.07, 6.45) is 0. The van der Waals surface area contributed by atoms with Crippen LogP contribution in [0.15, 0.2) is 24.3 Å². The number of benzene rings is 1. The molecule has 1 aliphatic rings. The van der Waals surface area contributed by atoms with Crippen LogP contribution in [0.4, 0.5) is 5.69 Å². The van der Waals surface area contributed by atoms with Crippen molar-refractivity contribution in [3.05, 3.63) is 29.8 Å². The van der Waals surface area contributed by atoms with E-state index in [9.17, 15) is 4.79 Å². The lowest BCUT2D eigenvalue weighted by Gasteiger charge is -2.36. The quantitative estimate of drug-likeness (QED) is 0.869. The summed E-state index contributed by atoms with van der Waals surface area (Å²) in [5, 5.41) is 3.10. The van der Waals surface area contributed by atoms with E-state index in [1.807, 2.05) is 43.3 Å². The third-order valence-corrected chi connectivity index (χ3v) is 4.38. The van der Waals surface area contributed by atoms with Crippen LogP contribution in [0.3, 0.4) is 0 Å². The maximum Gasteiger partial charge on any atom is 0.251 e. The molecule has 0 radical (unpaired) electrons. The number of amides is 1. The molecule has 5 nitrogen and oxygen atoms in total. The topological polar surface area (TPSA) is 44.8 Å². The SMILES string of the molecule is CC(C)[C@H](CNC(=O)c1cccc(N(C)C)c1)N1CCOCC1. The van der Waals surface area contributed by atoms with Crippen molar-refractivity contribution in [3.63, 3.8) is 0 Å². The monoisotopic (exact) mass is 319 g/mol. The van der Waals surface area contributed by atoms with Gasteiger partial charge in [-0.05, 0) is 24.1 Å². The second kappa shape index (κ2) is 8.31. The van der Waals surface area contributed by atoms with Crippen LogP contribution in [-0.2, 0) is 4.74 Å². The largest absolute Gasteiger partial charge is 0.379 e. The van der Waals surface area contributed by atoms with Crippen molar-refractivity contribution in [3.8, 4) is 0 Å². The van der Waals surface area contributed by atoms with E-state index in [4.69, 9.17) is 4.74 Å². The highest BCUT2D eigenvalue weighted by atomic mass is 16.5. The van der Waals surface area contributed by atoms with E-state index in [0.717, 1.165) is 32.0 Å². The first kappa shape index (κ1) is 17.8. The van der Waals surface area contributed by atoms with Gasteiger partial charge in [0.05, 0.1) is 13.2 Å². The maximum atomic E-state index is 12.5. The first-order valence-electron chi connectivity index (χ1n) is 8.36. The van der Waals surface area contributed by atoms with Gasteiger partial charge in [-0.1, -0.05) is 19.9 Å². The number of nitrogens with one attached hydrogen (secondary N) is 1. The van der Waals surface area contributed by atoms with Gasteiger partial charge >= 0.3 is 0 Å². The Morgan fingerprint density at radius 3 is 2.61 bits per heavy atom. The molecular formula is C18H29N3O2. The van der Waals surface area contributed by atoms with Crippen molar-refractivity contribution in [2.24, 2.45) is 5.92 Å². The molecule has 1 aromatic rings. The molecule has 0 unspecified atom stereocenters. The van der Waals surface area contributed by atoms with Crippen LogP contribution in [0, 0.1) is 5.92 Å². The normalized spacial score (nSPS) is 17.1. The Balaban J connectivity index is 1.97. The van der Waals surface area contributed by atoms with E-state index in [1.54, 1.807) is 0 Å². The molecule has 0 aromatic heterocycles. The molecule has 1 saturated heterocycles. The highest BCUT2D eigenvalue weighted by Gasteiger charge is 2.24. The van der Waals surface area contributed by atoms with Crippen LogP contribution in [0.5, 0.6) is 0 Å². The highest BCUT2D eigenvalue weighted by molar-refractivity contribution is 5.95. The summed E-state index contributed by atoms with van der Waals surface area (Å²) < 4.78 is 5.43. The van der Waals surface area contributed by atoms with Crippen molar-refractivity contribution < 1.29 is 9.53 Å². The molecule has 1 aromatic carbocycles. The number of hydrogen-bond donors (Lipinski definition) is 1. The molecule has 1 N–H and O–H groups in total. The summed E-state index contributed by atoms with van der Waals surface area (Å²) in [7, 11) is 3.95. The van der Waals surface area contributed by atoms with Crippen molar-refractivity contribution in [1.29, 1.82) is 0 Å². The molecule has 0 spiro atoms. The zero-order chi connectivity index (χ0) is 16.8. The summed E-state index contributed by atoms with van der Waals surface area (Å²) in [5.74, 6) is 0.481. The number of carbonyl (C=O) groups excluding carboxylic acids is 1. The Bertz CT molecular complexity index is 511. The predicted octanol–water partition coefficient (Wildman–Crippen LogP) is 1.84. The number of anilines is 1. The van der Waals surface area contributed by atoms with Crippen molar-refractivity contribution >= 4 is 11.6 Å². The highest BCUT2D eigenvalue weighted by Crippen LogP contribution is 2.15. The fraction of sp³-hybridized carbons (Fsp3) is 0.611. The Hall–Kier alpha value is -1.59. The number of hydrogen-bond acceptors (Lipinski definition) is 4. The van der Waals surface area contributed by atoms with E-state index < -0.39 is 0 Å². The minimum atomic E-state index is -0.00684. The zero-order valence-corrected chi connectivity index (χ0v) is 14.7. The van der Waals surface area contributed by atoms with Gasteiger partial charge < -0.3 is 15.0 Å². The number of carbonyl (C=O) groups is 1. The van der Waals surface area contributed by atoms with E-state index in [0.29, 0.717) is 24.1 Å². The van der Waals surface area contributed by atoms with Gasteiger partial charge in [-0.25, -0.2) is 0 Å². The third-order valence-electron chi connectivity index (χ3n) is 4.38. The third kappa shape index (κ3) is 4.94. The lowest BCUT2D eigenvalue weighted by Crippen LogP contribution is -2.51. The molecule has 1 heterocycles. The minimum absolute atomic E-state index is 0.00684. The molecule has 128 valence electrons. The minimum Gasteiger partial charge on any atom is -0.379 e. The van der Waals surface area contributed by atoms with Gasteiger partial charge in [-0.2, -0.15) is 0 Å². The van der Waals surface area contributed by atoms with Crippen molar-refractivity contribution in [2.75, 3.05) is 51.8 Å². The van der Waals surface area contributed by atoms with E-state index in [-0.39, 0.29) is 5.91 Å². The summed E-state index contributed by atoms with van der Waals surface area (Å²) in [6.45, 7) is 8.52. The fourth-order valence-electron chi connectivity index (χ4n) is 2.92. The number of nitrogens with zero attached hydrogens (tertiary/aromatic N) is 2. The van der Waals surface area contributed by atoms with Crippen LogP contribution in [0.25, 0.3) is 0 Å².